The highest BCUT2D eigenvalue weighted by molar-refractivity contribution is 5.80. The van der Waals surface area contributed by atoms with E-state index in [0.29, 0.717) is 13.1 Å². The second kappa shape index (κ2) is 9.68. The summed E-state index contributed by atoms with van der Waals surface area (Å²) in [6.07, 6.45) is 0.185. The number of ether oxygens (including phenoxy) is 2. The van der Waals surface area contributed by atoms with E-state index in [4.69, 9.17) is 9.47 Å². The number of aliphatic hydroxyl groups is 1. The van der Waals surface area contributed by atoms with Crippen LogP contribution in [0.3, 0.4) is 0 Å². The maximum absolute atomic E-state index is 13.0. The van der Waals surface area contributed by atoms with Crippen molar-refractivity contribution in [3.05, 3.63) is 65.2 Å². The molecule has 6 nitrogen and oxygen atoms in total. The van der Waals surface area contributed by atoms with Crippen molar-refractivity contribution in [2.24, 2.45) is 0 Å². The quantitative estimate of drug-likeness (QED) is 0.726. The monoisotopic (exact) mass is 384 g/mol. The van der Waals surface area contributed by atoms with Crippen molar-refractivity contribution < 1.29 is 19.4 Å². The van der Waals surface area contributed by atoms with E-state index in [1.54, 1.807) is 7.11 Å². The predicted molar refractivity (Wildman–Crippen MR) is 107 cm³/mol. The van der Waals surface area contributed by atoms with E-state index < -0.39 is 6.10 Å². The lowest BCUT2D eigenvalue weighted by molar-refractivity contribution is -0.132. The summed E-state index contributed by atoms with van der Waals surface area (Å²) in [5.41, 5.74) is 3.36. The zero-order valence-corrected chi connectivity index (χ0v) is 16.4. The summed E-state index contributed by atoms with van der Waals surface area (Å²) in [6.45, 7) is 1.35. The number of methoxy groups -OCH3 is 2. The largest absolute Gasteiger partial charge is 0.496 e. The minimum atomic E-state index is -0.634. The summed E-state index contributed by atoms with van der Waals surface area (Å²) in [6, 6.07) is 15.9. The van der Waals surface area contributed by atoms with Gasteiger partial charge in [-0.1, -0.05) is 42.5 Å². The Morgan fingerprint density at radius 1 is 1.18 bits per heavy atom. The van der Waals surface area contributed by atoms with Gasteiger partial charge in [0.2, 0.25) is 5.91 Å². The number of fused-ring (bicyclic) bond motifs is 1. The fourth-order valence-electron chi connectivity index (χ4n) is 3.76. The summed E-state index contributed by atoms with van der Waals surface area (Å²) in [5, 5.41) is 12.8. The summed E-state index contributed by atoms with van der Waals surface area (Å²) in [4.78, 5) is 14.9. The van der Waals surface area contributed by atoms with E-state index in [2.05, 4.69) is 17.4 Å². The molecule has 2 aromatic rings. The zero-order valence-electron chi connectivity index (χ0n) is 16.4. The van der Waals surface area contributed by atoms with Crippen LogP contribution in [0.2, 0.25) is 0 Å². The Bertz CT molecular complexity index is 796. The van der Waals surface area contributed by atoms with E-state index in [-0.39, 0.29) is 25.1 Å². The van der Waals surface area contributed by atoms with Crippen LogP contribution >= 0.6 is 0 Å². The van der Waals surface area contributed by atoms with Crippen LogP contribution < -0.4 is 10.1 Å². The molecule has 0 saturated heterocycles. The number of benzene rings is 2. The first-order valence-corrected chi connectivity index (χ1v) is 9.53. The molecule has 1 aliphatic rings. The third-order valence-corrected chi connectivity index (χ3v) is 5.05. The van der Waals surface area contributed by atoms with Gasteiger partial charge in [-0.05, 0) is 23.6 Å². The van der Waals surface area contributed by atoms with Gasteiger partial charge >= 0.3 is 0 Å². The Kier molecular flexibility index (Phi) is 7.03. The number of carbonyl (C=O) groups is 1. The number of amides is 1. The number of nitrogens with zero attached hydrogens (tertiary/aromatic N) is 1. The molecule has 0 aliphatic carbocycles. The molecule has 1 amide bonds. The normalized spacial score (nSPS) is 17.1. The molecule has 0 saturated carbocycles. The first-order chi connectivity index (χ1) is 13.7. The topological polar surface area (TPSA) is 71.0 Å². The van der Waals surface area contributed by atoms with Crippen molar-refractivity contribution in [2.45, 2.75) is 18.6 Å². The van der Waals surface area contributed by atoms with Crippen LogP contribution in [0, 0.1) is 0 Å². The third kappa shape index (κ3) is 4.52. The van der Waals surface area contributed by atoms with Crippen LogP contribution in [0.4, 0.5) is 0 Å². The highest BCUT2D eigenvalue weighted by Crippen LogP contribution is 2.39. The Labute approximate surface area is 166 Å². The number of rotatable bonds is 8. The van der Waals surface area contributed by atoms with Crippen LogP contribution in [0.25, 0.3) is 0 Å². The average Bonchev–Trinajstić information content (AvgIpc) is 2.73. The van der Waals surface area contributed by atoms with Crippen LogP contribution in [0.5, 0.6) is 5.75 Å². The Balaban J connectivity index is 1.84. The Hall–Kier alpha value is -2.41. The van der Waals surface area contributed by atoms with Gasteiger partial charge in [-0.15, -0.1) is 0 Å². The second-order valence-electron chi connectivity index (χ2n) is 6.92. The van der Waals surface area contributed by atoms with Gasteiger partial charge in [0.25, 0.3) is 0 Å². The number of aliphatic hydroxyl groups excluding tert-OH is 1. The fourth-order valence-corrected chi connectivity index (χ4v) is 3.76. The number of hydrogen-bond acceptors (Lipinski definition) is 5. The minimum absolute atomic E-state index is 0.00461. The minimum Gasteiger partial charge on any atom is -0.496 e. The number of hydrogen-bond donors (Lipinski definition) is 2. The molecule has 0 bridgehead atoms. The molecule has 0 aromatic heterocycles. The second-order valence-corrected chi connectivity index (χ2v) is 6.92. The first-order valence-electron chi connectivity index (χ1n) is 9.53. The molecule has 2 atom stereocenters. The lowest BCUT2D eigenvalue weighted by Crippen LogP contribution is -2.45. The molecular weight excluding hydrogens is 356 g/mol. The van der Waals surface area contributed by atoms with E-state index in [0.717, 1.165) is 23.3 Å². The zero-order chi connectivity index (χ0) is 19.9. The molecule has 2 aromatic carbocycles. The average molecular weight is 384 g/mol. The molecule has 1 aliphatic heterocycles. The van der Waals surface area contributed by atoms with Crippen LogP contribution in [-0.4, -0.2) is 62.5 Å². The number of nitrogens with one attached hydrogen (secondary N) is 1. The molecule has 1 heterocycles. The lowest BCUT2D eigenvalue weighted by atomic mass is 9.87. The van der Waals surface area contributed by atoms with Crippen molar-refractivity contribution in [1.29, 1.82) is 0 Å². The Morgan fingerprint density at radius 2 is 1.89 bits per heavy atom. The van der Waals surface area contributed by atoms with Crippen molar-refractivity contribution >= 4 is 5.91 Å². The van der Waals surface area contributed by atoms with Gasteiger partial charge in [-0.3, -0.25) is 4.79 Å². The van der Waals surface area contributed by atoms with E-state index in [9.17, 15) is 9.90 Å². The van der Waals surface area contributed by atoms with Crippen LogP contribution in [0.15, 0.2) is 48.5 Å². The lowest BCUT2D eigenvalue weighted by Gasteiger charge is -2.38. The summed E-state index contributed by atoms with van der Waals surface area (Å²) >= 11 is 0. The molecule has 150 valence electrons. The first kappa shape index (κ1) is 20.3. The Morgan fingerprint density at radius 3 is 2.64 bits per heavy atom. The summed E-state index contributed by atoms with van der Waals surface area (Å²) < 4.78 is 10.5. The van der Waals surface area contributed by atoms with Gasteiger partial charge in [-0.2, -0.15) is 0 Å². The SMILES string of the molecule is COC[C@@H](O)CNCC(=O)N1CCc2ccccc2C1c1ccccc1OC. The van der Waals surface area contributed by atoms with Gasteiger partial charge in [0.15, 0.2) is 0 Å². The highest BCUT2D eigenvalue weighted by atomic mass is 16.5. The van der Waals surface area contributed by atoms with Crippen molar-refractivity contribution in [3.63, 3.8) is 0 Å². The van der Waals surface area contributed by atoms with Crippen LogP contribution in [0.1, 0.15) is 22.7 Å². The van der Waals surface area contributed by atoms with Crippen molar-refractivity contribution in [2.75, 3.05) is 40.5 Å². The molecular formula is C22H28N2O4. The van der Waals surface area contributed by atoms with Gasteiger partial charge in [-0.25, -0.2) is 0 Å². The smallest absolute Gasteiger partial charge is 0.237 e. The fraction of sp³-hybridized carbons (Fsp3) is 0.409. The molecule has 6 heteroatoms. The van der Waals surface area contributed by atoms with Crippen molar-refractivity contribution in [1.82, 2.24) is 10.2 Å². The van der Waals surface area contributed by atoms with Gasteiger partial charge in [0.1, 0.15) is 5.75 Å². The van der Waals surface area contributed by atoms with Crippen LogP contribution in [-0.2, 0) is 16.0 Å². The van der Waals surface area contributed by atoms with Gasteiger partial charge < -0.3 is 24.8 Å². The highest BCUT2D eigenvalue weighted by Gasteiger charge is 2.33. The molecule has 2 N–H and O–H groups in total. The van der Waals surface area contributed by atoms with Crippen molar-refractivity contribution in [3.8, 4) is 5.75 Å². The molecule has 0 fully saturated rings. The third-order valence-electron chi connectivity index (χ3n) is 5.05. The molecule has 3 rings (SSSR count). The predicted octanol–water partition coefficient (Wildman–Crippen LogP) is 1.77. The molecule has 0 radical (unpaired) electrons. The van der Waals surface area contributed by atoms with E-state index >= 15 is 0 Å². The molecule has 0 spiro atoms. The maximum Gasteiger partial charge on any atom is 0.237 e. The maximum atomic E-state index is 13.0. The molecule has 28 heavy (non-hydrogen) atoms. The number of carbonyl (C=O) groups excluding carboxylic acids is 1. The summed E-state index contributed by atoms with van der Waals surface area (Å²) in [7, 11) is 3.19. The summed E-state index contributed by atoms with van der Waals surface area (Å²) in [5.74, 6) is 0.764. The standard InChI is InChI=1S/C22H28N2O4/c1-27-15-17(25)13-23-14-21(26)24-12-11-16-7-3-4-8-18(16)22(24)19-9-5-6-10-20(19)28-2/h3-10,17,22-23,25H,11-15H2,1-2H3/t17-,22?/m0/s1. The van der Waals surface area contributed by atoms with E-state index in [1.807, 2.05) is 41.3 Å². The van der Waals surface area contributed by atoms with Gasteiger partial charge in [0, 0.05) is 25.8 Å². The number of para-hydroxylation sites is 1. The molecule has 1 unspecified atom stereocenters. The van der Waals surface area contributed by atoms with Gasteiger partial charge in [0.05, 0.1) is 32.4 Å². The van der Waals surface area contributed by atoms with E-state index in [1.165, 1.54) is 12.7 Å².